The molecule has 94 valence electrons. The zero-order valence-corrected chi connectivity index (χ0v) is 10.3. The minimum absolute atomic E-state index is 0.0687. The van der Waals surface area contributed by atoms with Crippen molar-refractivity contribution < 1.29 is 14.3 Å². The van der Waals surface area contributed by atoms with Crippen LogP contribution in [0.5, 0.6) is 0 Å². The van der Waals surface area contributed by atoms with Gasteiger partial charge in [-0.1, -0.05) is 12.8 Å². The molecule has 0 saturated heterocycles. The Bertz CT molecular complexity index is 232. The lowest BCUT2D eigenvalue weighted by molar-refractivity contribution is -0.159. The molecule has 2 atom stereocenters. The summed E-state index contributed by atoms with van der Waals surface area (Å²) in [6, 6.07) is -0.0687. The molecule has 2 N–H and O–H groups in total. The summed E-state index contributed by atoms with van der Waals surface area (Å²) in [6.07, 6.45) is 3.92. The van der Waals surface area contributed by atoms with Gasteiger partial charge in [-0.25, -0.2) is 0 Å². The second kappa shape index (κ2) is 6.21. The first-order valence-electron chi connectivity index (χ1n) is 6.12. The molecule has 1 rings (SSSR count). The molecule has 2 unspecified atom stereocenters. The molecule has 4 heteroatoms. The van der Waals surface area contributed by atoms with Crippen molar-refractivity contribution in [2.45, 2.75) is 45.6 Å². The van der Waals surface area contributed by atoms with Crippen LogP contribution in [0, 0.1) is 5.41 Å². The van der Waals surface area contributed by atoms with Crippen LogP contribution >= 0.6 is 0 Å². The minimum atomic E-state index is -0.496. The van der Waals surface area contributed by atoms with Gasteiger partial charge >= 0.3 is 5.97 Å². The summed E-state index contributed by atoms with van der Waals surface area (Å²) in [4.78, 5) is 11.9. The maximum absolute atomic E-state index is 11.9. The molecule has 0 aromatic carbocycles. The molecule has 0 aliphatic heterocycles. The average Bonchev–Trinajstić information content (AvgIpc) is 2.28. The van der Waals surface area contributed by atoms with Crippen molar-refractivity contribution in [3.8, 4) is 0 Å². The van der Waals surface area contributed by atoms with Gasteiger partial charge in [0.15, 0.2) is 0 Å². The van der Waals surface area contributed by atoms with Gasteiger partial charge in [0.05, 0.1) is 12.0 Å². The Kier molecular flexibility index (Phi) is 5.22. The van der Waals surface area contributed by atoms with Gasteiger partial charge in [0.2, 0.25) is 0 Å². The number of carbonyl (C=O) groups excluding carboxylic acids is 1. The van der Waals surface area contributed by atoms with Crippen molar-refractivity contribution in [1.29, 1.82) is 0 Å². The standard InChI is InChI=1S/C12H23NO3/c1-3-15-8-9-16-11(14)12(2)7-5-4-6-10(12)13/h10H,3-9,13H2,1-2H3. The molecular formula is C12H23NO3. The summed E-state index contributed by atoms with van der Waals surface area (Å²) < 4.78 is 10.3. The summed E-state index contributed by atoms with van der Waals surface area (Å²) in [7, 11) is 0. The molecule has 1 saturated carbocycles. The Morgan fingerprint density at radius 3 is 2.81 bits per heavy atom. The van der Waals surface area contributed by atoms with Crippen LogP contribution in [0.15, 0.2) is 0 Å². The molecule has 0 radical (unpaired) electrons. The van der Waals surface area contributed by atoms with Crippen LogP contribution in [-0.4, -0.2) is 31.8 Å². The number of rotatable bonds is 5. The third-order valence-corrected chi connectivity index (χ3v) is 3.41. The molecule has 1 fully saturated rings. The SMILES string of the molecule is CCOCCOC(=O)C1(C)CCCCC1N. The summed E-state index contributed by atoms with van der Waals surface area (Å²) in [5, 5.41) is 0. The highest BCUT2D eigenvalue weighted by atomic mass is 16.6. The monoisotopic (exact) mass is 229 g/mol. The lowest BCUT2D eigenvalue weighted by atomic mass is 9.72. The summed E-state index contributed by atoms with van der Waals surface area (Å²) in [6.45, 7) is 5.27. The normalized spacial score (nSPS) is 30.1. The second-order valence-corrected chi connectivity index (χ2v) is 4.60. The smallest absolute Gasteiger partial charge is 0.313 e. The van der Waals surface area contributed by atoms with E-state index in [1.54, 1.807) is 0 Å². The van der Waals surface area contributed by atoms with E-state index in [1.165, 1.54) is 0 Å². The van der Waals surface area contributed by atoms with E-state index < -0.39 is 5.41 Å². The van der Waals surface area contributed by atoms with E-state index >= 15 is 0 Å². The Morgan fingerprint density at radius 2 is 2.19 bits per heavy atom. The number of hydrogen-bond acceptors (Lipinski definition) is 4. The molecule has 1 aliphatic carbocycles. The van der Waals surface area contributed by atoms with E-state index in [4.69, 9.17) is 15.2 Å². The van der Waals surface area contributed by atoms with Crippen LogP contribution in [0.3, 0.4) is 0 Å². The fraction of sp³-hybridized carbons (Fsp3) is 0.917. The summed E-state index contributed by atoms with van der Waals surface area (Å²) in [5.41, 5.74) is 5.52. The zero-order valence-electron chi connectivity index (χ0n) is 10.3. The van der Waals surface area contributed by atoms with Crippen LogP contribution in [0.25, 0.3) is 0 Å². The van der Waals surface area contributed by atoms with E-state index in [2.05, 4.69) is 0 Å². The Labute approximate surface area is 97.5 Å². The van der Waals surface area contributed by atoms with Crippen LogP contribution in [-0.2, 0) is 14.3 Å². The van der Waals surface area contributed by atoms with Gasteiger partial charge in [-0.15, -0.1) is 0 Å². The summed E-state index contributed by atoms with van der Waals surface area (Å²) in [5.74, 6) is -0.167. The second-order valence-electron chi connectivity index (χ2n) is 4.60. The first-order valence-corrected chi connectivity index (χ1v) is 6.12. The Morgan fingerprint density at radius 1 is 1.44 bits per heavy atom. The average molecular weight is 229 g/mol. The van der Waals surface area contributed by atoms with Gasteiger partial charge in [-0.05, 0) is 26.7 Å². The van der Waals surface area contributed by atoms with Gasteiger partial charge in [0.1, 0.15) is 6.61 Å². The van der Waals surface area contributed by atoms with Gasteiger partial charge in [-0.2, -0.15) is 0 Å². The van der Waals surface area contributed by atoms with Crippen molar-refractivity contribution in [2.24, 2.45) is 11.1 Å². The molecule has 0 bridgehead atoms. The quantitative estimate of drug-likeness (QED) is 0.573. The minimum Gasteiger partial charge on any atom is -0.463 e. The molecule has 0 spiro atoms. The van der Waals surface area contributed by atoms with Crippen molar-refractivity contribution in [3.05, 3.63) is 0 Å². The number of carbonyl (C=O) groups is 1. The van der Waals surface area contributed by atoms with Crippen molar-refractivity contribution in [1.82, 2.24) is 0 Å². The number of nitrogens with two attached hydrogens (primary N) is 1. The van der Waals surface area contributed by atoms with E-state index in [0.717, 1.165) is 25.7 Å². The number of esters is 1. The molecule has 0 heterocycles. The third-order valence-electron chi connectivity index (χ3n) is 3.41. The third kappa shape index (κ3) is 3.19. The first kappa shape index (κ1) is 13.5. The van der Waals surface area contributed by atoms with Crippen LogP contribution < -0.4 is 5.73 Å². The Balaban J connectivity index is 2.38. The lowest BCUT2D eigenvalue weighted by Gasteiger charge is -2.36. The fourth-order valence-corrected chi connectivity index (χ4v) is 2.12. The predicted molar refractivity (Wildman–Crippen MR) is 62.0 cm³/mol. The topological polar surface area (TPSA) is 61.5 Å². The largest absolute Gasteiger partial charge is 0.463 e. The van der Waals surface area contributed by atoms with Crippen LogP contribution in [0.2, 0.25) is 0 Å². The van der Waals surface area contributed by atoms with Crippen LogP contribution in [0.4, 0.5) is 0 Å². The zero-order chi connectivity index (χ0) is 12.0. The highest BCUT2D eigenvalue weighted by molar-refractivity contribution is 5.77. The Hall–Kier alpha value is -0.610. The van der Waals surface area contributed by atoms with Crippen molar-refractivity contribution in [3.63, 3.8) is 0 Å². The van der Waals surface area contributed by atoms with Gasteiger partial charge in [0.25, 0.3) is 0 Å². The van der Waals surface area contributed by atoms with Crippen molar-refractivity contribution >= 4 is 5.97 Å². The maximum atomic E-state index is 11.9. The maximum Gasteiger partial charge on any atom is 0.313 e. The first-order chi connectivity index (χ1) is 7.61. The molecule has 0 amide bonds. The van der Waals surface area contributed by atoms with Gasteiger partial charge in [-0.3, -0.25) is 4.79 Å². The molecular weight excluding hydrogens is 206 g/mol. The van der Waals surface area contributed by atoms with E-state index in [1.807, 2.05) is 13.8 Å². The molecule has 0 aromatic heterocycles. The lowest BCUT2D eigenvalue weighted by Crippen LogP contribution is -2.48. The number of hydrogen-bond donors (Lipinski definition) is 1. The molecule has 1 aliphatic rings. The van der Waals surface area contributed by atoms with E-state index in [0.29, 0.717) is 19.8 Å². The molecule has 4 nitrogen and oxygen atoms in total. The predicted octanol–water partition coefficient (Wildman–Crippen LogP) is 1.47. The number of ether oxygens (including phenoxy) is 2. The van der Waals surface area contributed by atoms with Gasteiger partial charge < -0.3 is 15.2 Å². The highest BCUT2D eigenvalue weighted by Gasteiger charge is 2.42. The fourth-order valence-electron chi connectivity index (χ4n) is 2.12. The highest BCUT2D eigenvalue weighted by Crippen LogP contribution is 2.35. The van der Waals surface area contributed by atoms with E-state index in [9.17, 15) is 4.79 Å². The van der Waals surface area contributed by atoms with E-state index in [-0.39, 0.29) is 12.0 Å². The van der Waals surface area contributed by atoms with Gasteiger partial charge in [0, 0.05) is 12.6 Å². The molecule has 0 aromatic rings. The summed E-state index contributed by atoms with van der Waals surface area (Å²) >= 11 is 0. The van der Waals surface area contributed by atoms with Crippen molar-refractivity contribution in [2.75, 3.05) is 19.8 Å². The van der Waals surface area contributed by atoms with Crippen LogP contribution in [0.1, 0.15) is 39.5 Å². The molecule has 16 heavy (non-hydrogen) atoms.